The van der Waals surface area contributed by atoms with Crippen molar-refractivity contribution < 1.29 is 33.2 Å². The van der Waals surface area contributed by atoms with E-state index >= 15 is 0 Å². The molecule has 0 spiro atoms. The third-order valence-electron chi connectivity index (χ3n) is 5.14. The van der Waals surface area contributed by atoms with Gasteiger partial charge in [0.25, 0.3) is 0 Å². The lowest BCUT2D eigenvalue weighted by molar-refractivity contribution is -0.0477. The summed E-state index contributed by atoms with van der Waals surface area (Å²) in [6.45, 7) is 1.47. The molecule has 0 atom stereocenters. The zero-order chi connectivity index (χ0) is 23.2. The minimum absolute atomic E-state index is 0.145. The van der Waals surface area contributed by atoms with E-state index < -0.39 is 12.3 Å². The minimum atomic E-state index is -0.596. The van der Waals surface area contributed by atoms with Crippen LogP contribution in [-0.4, -0.2) is 43.2 Å². The average molecular weight is 454 g/mol. The molecule has 2 heterocycles. The Labute approximate surface area is 191 Å². The maximum atomic E-state index is 11.8. The molecule has 0 bridgehead atoms. The fraction of sp³-hybridized carbons (Fsp3) is 0.333. The number of ether oxygens (including phenoxy) is 6. The summed E-state index contributed by atoms with van der Waals surface area (Å²) in [6.07, 6.45) is -0.596. The van der Waals surface area contributed by atoms with Gasteiger partial charge in [0.1, 0.15) is 41.9 Å². The fourth-order valence-electron chi connectivity index (χ4n) is 3.46. The highest BCUT2D eigenvalue weighted by Crippen LogP contribution is 2.39. The molecular formula is C24H26N2O7. The number of hydrogen-bond acceptors (Lipinski definition) is 8. The molecule has 1 fully saturated rings. The summed E-state index contributed by atoms with van der Waals surface area (Å²) in [6, 6.07) is 14.8. The van der Waals surface area contributed by atoms with E-state index in [4.69, 9.17) is 28.4 Å². The van der Waals surface area contributed by atoms with E-state index in [0.717, 1.165) is 11.3 Å². The van der Waals surface area contributed by atoms with Crippen molar-refractivity contribution in [1.29, 1.82) is 0 Å². The summed E-state index contributed by atoms with van der Waals surface area (Å²) in [5.41, 5.74) is 2.59. The predicted octanol–water partition coefficient (Wildman–Crippen LogP) is 3.42. The lowest BCUT2D eigenvalue weighted by Crippen LogP contribution is -2.08. The molecule has 33 heavy (non-hydrogen) atoms. The van der Waals surface area contributed by atoms with E-state index in [1.165, 1.54) is 11.8 Å². The predicted molar refractivity (Wildman–Crippen MR) is 117 cm³/mol. The molecule has 9 heteroatoms. The number of carbonyl (C=O) groups excluding carboxylic acids is 1. The van der Waals surface area contributed by atoms with Crippen molar-refractivity contribution in [2.24, 2.45) is 7.05 Å². The first kappa shape index (κ1) is 22.6. The molecule has 0 radical (unpaired) electrons. The van der Waals surface area contributed by atoms with Gasteiger partial charge in [-0.3, -0.25) is 4.68 Å². The van der Waals surface area contributed by atoms with E-state index in [-0.39, 0.29) is 6.61 Å². The third-order valence-corrected chi connectivity index (χ3v) is 5.14. The zero-order valence-corrected chi connectivity index (χ0v) is 18.8. The Bertz CT molecular complexity index is 1090. The highest BCUT2D eigenvalue weighted by molar-refractivity contribution is 5.87. The normalized spacial score (nSPS) is 13.7. The van der Waals surface area contributed by atoms with Gasteiger partial charge < -0.3 is 28.4 Å². The number of carbonyl (C=O) groups is 1. The quantitative estimate of drug-likeness (QED) is 0.455. The van der Waals surface area contributed by atoms with Crippen LogP contribution in [0.1, 0.15) is 33.6 Å². The summed E-state index contributed by atoms with van der Waals surface area (Å²) in [5.74, 6) is 1.48. The Balaban J connectivity index is 1.53. The van der Waals surface area contributed by atoms with Crippen LogP contribution in [0.3, 0.4) is 0 Å². The minimum Gasteiger partial charge on any atom is -0.497 e. The van der Waals surface area contributed by atoms with Gasteiger partial charge in [-0.05, 0) is 35.9 Å². The molecule has 3 aromatic rings. The van der Waals surface area contributed by atoms with Crippen LogP contribution in [-0.2, 0) is 34.5 Å². The van der Waals surface area contributed by atoms with Gasteiger partial charge in [0.05, 0.1) is 33.0 Å². The van der Waals surface area contributed by atoms with Crippen LogP contribution < -0.4 is 14.2 Å². The summed E-state index contributed by atoms with van der Waals surface area (Å²) >= 11 is 0. The first-order valence-electron chi connectivity index (χ1n) is 10.4. The zero-order valence-electron chi connectivity index (χ0n) is 18.8. The first-order chi connectivity index (χ1) is 16.1. The van der Waals surface area contributed by atoms with Gasteiger partial charge in [-0.25, -0.2) is 4.79 Å². The number of methoxy groups -OCH3 is 2. The highest BCUT2D eigenvalue weighted by Gasteiger charge is 2.27. The number of benzene rings is 2. The molecule has 0 N–H and O–H groups in total. The van der Waals surface area contributed by atoms with Gasteiger partial charge in [-0.2, -0.15) is 5.10 Å². The third kappa shape index (κ3) is 5.27. The molecule has 9 nitrogen and oxygen atoms in total. The second kappa shape index (κ2) is 10.4. The molecular weight excluding hydrogens is 428 g/mol. The second-order valence-electron chi connectivity index (χ2n) is 7.30. The number of esters is 1. The molecule has 1 aromatic heterocycles. The van der Waals surface area contributed by atoms with E-state index in [9.17, 15) is 4.79 Å². The summed E-state index contributed by atoms with van der Waals surface area (Å²) in [5, 5.41) is 4.32. The highest BCUT2D eigenvalue weighted by atomic mass is 16.7. The number of hydrogen-bond donors (Lipinski definition) is 0. The number of aromatic nitrogens is 2. The summed E-state index contributed by atoms with van der Waals surface area (Å²) in [4.78, 5) is 11.8. The van der Waals surface area contributed by atoms with Crippen LogP contribution in [0.25, 0.3) is 0 Å². The molecule has 174 valence electrons. The van der Waals surface area contributed by atoms with Crippen molar-refractivity contribution >= 4 is 5.97 Å². The summed E-state index contributed by atoms with van der Waals surface area (Å²) in [7, 11) is 4.64. The second-order valence-corrected chi connectivity index (χ2v) is 7.30. The van der Waals surface area contributed by atoms with Crippen molar-refractivity contribution in [1.82, 2.24) is 9.78 Å². The van der Waals surface area contributed by atoms with E-state index in [2.05, 4.69) is 5.10 Å². The molecule has 1 aliphatic heterocycles. The molecule has 4 rings (SSSR count). The van der Waals surface area contributed by atoms with E-state index in [1.54, 1.807) is 20.2 Å². The van der Waals surface area contributed by atoms with Crippen LogP contribution >= 0.6 is 0 Å². The standard InChI is InChI=1S/C24H26N2O7/c1-26-19(23(27)29-3)13-17(25-26)15-33-21-6-4-5-20(22(21)24-30-11-12-31-24)32-14-16-7-9-18(28-2)10-8-16/h4-10,13,24H,11-12,14-15H2,1-3H3. The Hall–Kier alpha value is -3.56. The lowest BCUT2D eigenvalue weighted by atomic mass is 10.1. The Morgan fingerprint density at radius 1 is 1.03 bits per heavy atom. The molecule has 2 aromatic carbocycles. The maximum absolute atomic E-state index is 11.8. The maximum Gasteiger partial charge on any atom is 0.356 e. The van der Waals surface area contributed by atoms with Crippen LogP contribution in [0, 0.1) is 0 Å². The molecule has 0 unspecified atom stereocenters. The van der Waals surface area contributed by atoms with Gasteiger partial charge >= 0.3 is 5.97 Å². The smallest absolute Gasteiger partial charge is 0.356 e. The van der Waals surface area contributed by atoms with Gasteiger partial charge in [0.15, 0.2) is 6.29 Å². The largest absolute Gasteiger partial charge is 0.497 e. The number of nitrogens with zero attached hydrogens (tertiary/aromatic N) is 2. The van der Waals surface area contributed by atoms with Crippen LogP contribution in [0.15, 0.2) is 48.5 Å². The number of aryl methyl sites for hydroxylation is 1. The average Bonchev–Trinajstić information content (AvgIpc) is 3.51. The Morgan fingerprint density at radius 2 is 1.70 bits per heavy atom. The van der Waals surface area contributed by atoms with Crippen molar-refractivity contribution in [3.63, 3.8) is 0 Å². The van der Waals surface area contributed by atoms with Crippen molar-refractivity contribution in [2.75, 3.05) is 27.4 Å². The van der Waals surface area contributed by atoms with Gasteiger partial charge in [-0.15, -0.1) is 0 Å². The summed E-state index contributed by atoms with van der Waals surface area (Å²) < 4.78 is 35.1. The molecule has 0 amide bonds. The number of rotatable bonds is 9. The fourth-order valence-corrected chi connectivity index (χ4v) is 3.46. The first-order valence-corrected chi connectivity index (χ1v) is 10.4. The van der Waals surface area contributed by atoms with Crippen molar-refractivity contribution in [3.8, 4) is 17.2 Å². The monoisotopic (exact) mass is 454 g/mol. The SMILES string of the molecule is COC(=O)c1cc(COc2cccc(OCc3ccc(OC)cc3)c2C2OCCO2)nn1C. The van der Waals surface area contributed by atoms with Crippen LogP contribution in [0.4, 0.5) is 0 Å². The molecule has 0 saturated carbocycles. The Morgan fingerprint density at radius 3 is 2.33 bits per heavy atom. The lowest BCUT2D eigenvalue weighted by Gasteiger charge is -2.19. The Kier molecular flexibility index (Phi) is 7.11. The van der Waals surface area contributed by atoms with Crippen LogP contribution in [0.5, 0.6) is 17.2 Å². The van der Waals surface area contributed by atoms with Crippen molar-refractivity contribution in [3.05, 3.63) is 71.0 Å². The van der Waals surface area contributed by atoms with E-state index in [0.29, 0.717) is 48.3 Å². The molecule has 0 aliphatic carbocycles. The topological polar surface area (TPSA) is 90.3 Å². The van der Waals surface area contributed by atoms with Gasteiger partial charge in [0, 0.05) is 7.05 Å². The van der Waals surface area contributed by atoms with Gasteiger partial charge in [-0.1, -0.05) is 18.2 Å². The van der Waals surface area contributed by atoms with E-state index in [1.807, 2.05) is 42.5 Å². The molecule has 1 saturated heterocycles. The molecule has 1 aliphatic rings. The van der Waals surface area contributed by atoms with Crippen molar-refractivity contribution in [2.45, 2.75) is 19.5 Å². The van der Waals surface area contributed by atoms with Crippen LogP contribution in [0.2, 0.25) is 0 Å². The van der Waals surface area contributed by atoms with Gasteiger partial charge in [0.2, 0.25) is 0 Å².